The highest BCUT2D eigenvalue weighted by molar-refractivity contribution is 5.98. The van der Waals surface area contributed by atoms with Crippen LogP contribution in [0.5, 0.6) is 0 Å². The Morgan fingerprint density at radius 1 is 1.41 bits per heavy atom. The maximum Gasteiger partial charge on any atom is 0.332 e. The van der Waals surface area contributed by atoms with E-state index >= 15 is 0 Å². The Morgan fingerprint density at radius 3 is 2.41 bits per heavy atom. The van der Waals surface area contributed by atoms with E-state index in [1.165, 1.54) is 9.80 Å². The molecule has 1 rings (SSSR count). The second-order valence-electron chi connectivity index (χ2n) is 4.53. The van der Waals surface area contributed by atoms with Gasteiger partial charge < -0.3 is 10.6 Å². The molecule has 0 aliphatic carbocycles. The average molecular weight is 239 g/mol. The fourth-order valence-corrected chi connectivity index (χ4v) is 2.10. The van der Waals surface area contributed by atoms with E-state index in [4.69, 9.17) is 5.73 Å². The molecule has 1 saturated heterocycles. The lowest BCUT2D eigenvalue weighted by atomic mass is 10.3. The Kier molecular flexibility index (Phi) is 4.28. The average Bonchev–Trinajstić information content (AvgIpc) is 2.58. The molecule has 0 aromatic carbocycles. The third-order valence-corrected chi connectivity index (χ3v) is 2.87. The van der Waals surface area contributed by atoms with Gasteiger partial charge in [0.25, 0.3) is 0 Å². The Bertz CT molecular complexity index is 340. The van der Waals surface area contributed by atoms with Crippen LogP contribution in [-0.2, 0) is 4.79 Å². The van der Waals surface area contributed by atoms with E-state index in [9.17, 15) is 9.59 Å². The summed E-state index contributed by atoms with van der Waals surface area (Å²) in [6.07, 6.45) is 2.43. The summed E-state index contributed by atoms with van der Waals surface area (Å²) in [5.41, 5.74) is 6.56. The predicted molar refractivity (Wildman–Crippen MR) is 65.9 cm³/mol. The molecule has 1 atom stereocenters. The highest BCUT2D eigenvalue weighted by atomic mass is 16.2. The number of hydrogen-bond acceptors (Lipinski definition) is 3. The number of nitrogens with zero attached hydrogens (tertiary/aromatic N) is 2. The van der Waals surface area contributed by atoms with Crippen molar-refractivity contribution < 1.29 is 9.59 Å². The molecule has 1 fully saturated rings. The van der Waals surface area contributed by atoms with Gasteiger partial charge in [0.15, 0.2) is 0 Å². The van der Waals surface area contributed by atoms with Crippen LogP contribution in [0.2, 0.25) is 0 Å². The number of rotatable bonds is 2. The van der Waals surface area contributed by atoms with Gasteiger partial charge in [0.05, 0.1) is 6.17 Å². The third-order valence-electron chi connectivity index (χ3n) is 2.87. The van der Waals surface area contributed by atoms with Gasteiger partial charge in [-0.05, 0) is 34.1 Å². The molecule has 17 heavy (non-hydrogen) atoms. The summed E-state index contributed by atoms with van der Waals surface area (Å²) in [5.74, 6) is -0.144. The normalized spacial score (nSPS) is 20.2. The van der Waals surface area contributed by atoms with E-state index in [0.29, 0.717) is 12.8 Å². The van der Waals surface area contributed by atoms with Crippen LogP contribution in [-0.4, -0.2) is 33.9 Å². The van der Waals surface area contributed by atoms with Gasteiger partial charge in [0.1, 0.15) is 0 Å². The molecule has 0 bridgehead atoms. The van der Waals surface area contributed by atoms with Crippen molar-refractivity contribution in [2.24, 2.45) is 5.73 Å². The topological polar surface area (TPSA) is 66.6 Å². The number of nitrogens with two attached hydrogens (primary N) is 1. The van der Waals surface area contributed by atoms with Crippen LogP contribution in [0, 0.1) is 0 Å². The highest BCUT2D eigenvalue weighted by Gasteiger charge is 2.35. The van der Waals surface area contributed by atoms with Crippen LogP contribution in [0.25, 0.3) is 0 Å². The summed E-state index contributed by atoms with van der Waals surface area (Å²) < 4.78 is 0. The van der Waals surface area contributed by atoms with Gasteiger partial charge >= 0.3 is 6.03 Å². The van der Waals surface area contributed by atoms with Gasteiger partial charge in [0.2, 0.25) is 5.91 Å². The van der Waals surface area contributed by atoms with Crippen LogP contribution >= 0.6 is 0 Å². The van der Waals surface area contributed by atoms with E-state index < -0.39 is 6.17 Å². The first kappa shape index (κ1) is 13.7. The zero-order valence-electron chi connectivity index (χ0n) is 10.9. The van der Waals surface area contributed by atoms with Crippen molar-refractivity contribution in [3.8, 4) is 0 Å². The maximum atomic E-state index is 12.3. The molecule has 2 N–H and O–H groups in total. The molecule has 3 amide bonds. The van der Waals surface area contributed by atoms with Crippen molar-refractivity contribution >= 4 is 11.9 Å². The third kappa shape index (κ3) is 2.66. The summed E-state index contributed by atoms with van der Waals surface area (Å²) in [6.45, 7) is 7.35. The highest BCUT2D eigenvalue weighted by Crippen LogP contribution is 2.24. The maximum absolute atomic E-state index is 12.3. The molecule has 0 spiro atoms. The number of likely N-dealkylation sites (tertiary alicyclic amines) is 1. The fourth-order valence-electron chi connectivity index (χ4n) is 2.10. The Balaban J connectivity index is 2.98. The van der Waals surface area contributed by atoms with E-state index in [0.717, 1.165) is 5.70 Å². The van der Waals surface area contributed by atoms with Gasteiger partial charge in [-0.15, -0.1) is 0 Å². The molecule has 1 aliphatic rings. The molecule has 1 aliphatic heterocycles. The molecule has 1 heterocycles. The van der Waals surface area contributed by atoms with Gasteiger partial charge in [0, 0.05) is 18.2 Å². The van der Waals surface area contributed by atoms with Crippen molar-refractivity contribution in [2.75, 3.05) is 0 Å². The molecule has 5 heteroatoms. The number of amides is 3. The summed E-state index contributed by atoms with van der Waals surface area (Å²) in [5, 5.41) is 0. The van der Waals surface area contributed by atoms with Crippen molar-refractivity contribution in [3.05, 3.63) is 11.8 Å². The van der Waals surface area contributed by atoms with Crippen molar-refractivity contribution in [1.29, 1.82) is 0 Å². The molecule has 0 aromatic heterocycles. The Hall–Kier alpha value is -1.36. The number of allylic oxidation sites excluding steroid dienone is 2. The molecule has 0 saturated carbocycles. The van der Waals surface area contributed by atoms with Crippen molar-refractivity contribution in [3.63, 3.8) is 0 Å². The first-order valence-electron chi connectivity index (χ1n) is 5.96. The van der Waals surface area contributed by atoms with E-state index in [1.807, 2.05) is 26.8 Å². The lowest BCUT2D eigenvalue weighted by molar-refractivity contribution is -0.125. The van der Waals surface area contributed by atoms with Crippen LogP contribution in [0.1, 0.15) is 40.5 Å². The standard InChI is InChI=1S/C12H21N3O2/c1-5-10-6-7-11(16)15(10)12(17)14(8(2)3)9(4)13/h5,8-9H,6-7,13H2,1-4H3/b10-5-. The number of carbonyl (C=O) groups excluding carboxylic acids is 2. The largest absolute Gasteiger partial charge is 0.332 e. The summed E-state index contributed by atoms with van der Waals surface area (Å²) in [4.78, 5) is 26.8. The number of carbonyl (C=O) groups is 2. The SMILES string of the molecule is C/C=C1/CCC(=O)N1C(=O)N(C(C)C)C(C)N. The minimum absolute atomic E-state index is 0.0333. The molecule has 0 aromatic rings. The quantitative estimate of drug-likeness (QED) is 0.745. The summed E-state index contributed by atoms with van der Waals surface area (Å²) in [7, 11) is 0. The van der Waals surface area contributed by atoms with Crippen molar-refractivity contribution in [2.45, 2.75) is 52.7 Å². The predicted octanol–water partition coefficient (Wildman–Crippen LogP) is 1.65. The van der Waals surface area contributed by atoms with E-state index in [-0.39, 0.29) is 18.0 Å². The molecule has 1 unspecified atom stereocenters. The van der Waals surface area contributed by atoms with Crippen molar-refractivity contribution in [1.82, 2.24) is 9.80 Å². The second-order valence-corrected chi connectivity index (χ2v) is 4.53. The molecule has 96 valence electrons. The van der Waals surface area contributed by atoms with E-state index in [1.54, 1.807) is 6.92 Å². The van der Waals surface area contributed by atoms with Crippen LogP contribution in [0.4, 0.5) is 4.79 Å². The lowest BCUT2D eigenvalue weighted by Crippen LogP contribution is -2.53. The zero-order chi connectivity index (χ0) is 13.2. The smallest absolute Gasteiger partial charge is 0.311 e. The monoisotopic (exact) mass is 239 g/mol. The molecule has 0 radical (unpaired) electrons. The lowest BCUT2D eigenvalue weighted by Gasteiger charge is -2.33. The second kappa shape index (κ2) is 5.31. The molecular formula is C12H21N3O2. The Morgan fingerprint density at radius 2 is 2.00 bits per heavy atom. The molecule has 5 nitrogen and oxygen atoms in total. The van der Waals surface area contributed by atoms with Gasteiger partial charge in [-0.3, -0.25) is 4.79 Å². The number of hydrogen-bond donors (Lipinski definition) is 1. The first-order valence-corrected chi connectivity index (χ1v) is 5.96. The van der Waals surface area contributed by atoms with Crippen LogP contribution in [0.15, 0.2) is 11.8 Å². The van der Waals surface area contributed by atoms with Crippen LogP contribution < -0.4 is 5.73 Å². The first-order chi connectivity index (χ1) is 7.90. The summed E-state index contributed by atoms with van der Waals surface area (Å²) in [6, 6.07) is -0.348. The van der Waals surface area contributed by atoms with Gasteiger partial charge in [-0.25, -0.2) is 9.69 Å². The minimum atomic E-state index is -0.408. The number of imide groups is 1. The van der Waals surface area contributed by atoms with Gasteiger partial charge in [-0.1, -0.05) is 6.08 Å². The number of urea groups is 1. The Labute approximate surface area is 102 Å². The van der Waals surface area contributed by atoms with E-state index in [2.05, 4.69) is 0 Å². The van der Waals surface area contributed by atoms with Gasteiger partial charge in [-0.2, -0.15) is 0 Å². The molecular weight excluding hydrogens is 218 g/mol. The zero-order valence-corrected chi connectivity index (χ0v) is 10.9. The van der Waals surface area contributed by atoms with Crippen LogP contribution in [0.3, 0.4) is 0 Å². The fraction of sp³-hybridized carbons (Fsp3) is 0.667. The summed E-state index contributed by atoms with van der Waals surface area (Å²) >= 11 is 0. The minimum Gasteiger partial charge on any atom is -0.311 e.